The van der Waals surface area contributed by atoms with Crippen molar-refractivity contribution in [2.75, 3.05) is 13.2 Å². The summed E-state index contributed by atoms with van der Waals surface area (Å²) in [4.78, 5) is 57.3. The third-order valence-electron chi connectivity index (χ3n) is 6.08. The van der Waals surface area contributed by atoms with Crippen molar-refractivity contribution in [2.45, 2.75) is 57.0 Å². The van der Waals surface area contributed by atoms with E-state index in [1.807, 2.05) is 0 Å². The van der Waals surface area contributed by atoms with Gasteiger partial charge in [0.2, 0.25) is 18.1 Å². The zero-order valence-corrected chi connectivity index (χ0v) is 21.2. The van der Waals surface area contributed by atoms with Crippen LogP contribution in [-0.2, 0) is 30.3 Å². The van der Waals surface area contributed by atoms with E-state index in [2.05, 4.69) is 15.6 Å². The van der Waals surface area contributed by atoms with Gasteiger partial charge in [-0.2, -0.15) is 0 Å². The van der Waals surface area contributed by atoms with E-state index in [1.165, 1.54) is 16.2 Å². The molecule has 4 rings (SSSR count). The number of aromatic nitrogens is 1. The average molecular weight is 535 g/mol. The number of halogens is 1. The Balaban J connectivity index is 1.49. The van der Waals surface area contributed by atoms with Gasteiger partial charge in [0.25, 0.3) is 5.91 Å². The Labute approximate surface area is 217 Å². The van der Waals surface area contributed by atoms with Crippen molar-refractivity contribution < 1.29 is 28.7 Å². The first-order valence-corrected chi connectivity index (χ1v) is 13.0. The molecule has 192 valence electrons. The van der Waals surface area contributed by atoms with Crippen LogP contribution in [0.1, 0.15) is 42.2 Å². The molecule has 1 aromatic heterocycles. The van der Waals surface area contributed by atoms with Gasteiger partial charge in [-0.15, -0.1) is 11.3 Å². The molecule has 2 aliphatic heterocycles. The van der Waals surface area contributed by atoms with Crippen LogP contribution in [0.5, 0.6) is 0 Å². The zero-order chi connectivity index (χ0) is 25.7. The third-order valence-corrected chi connectivity index (χ3v) is 7.04. The van der Waals surface area contributed by atoms with Gasteiger partial charge in [0.1, 0.15) is 18.1 Å². The van der Waals surface area contributed by atoms with Gasteiger partial charge in [0, 0.05) is 25.0 Å². The topological polar surface area (TPSA) is 127 Å². The number of cyclic esters (lactones) is 1. The summed E-state index contributed by atoms with van der Waals surface area (Å²) in [6.07, 6.45) is 0.392. The number of carbonyl (C=O) groups is 4. The Morgan fingerprint density at radius 2 is 2.14 bits per heavy atom. The molecule has 0 unspecified atom stereocenters. The molecule has 3 amide bonds. The van der Waals surface area contributed by atoms with Crippen LogP contribution in [0, 0.1) is 0 Å². The molecule has 0 radical (unpaired) electrons. The van der Waals surface area contributed by atoms with E-state index < -0.39 is 42.2 Å². The second-order valence-corrected chi connectivity index (χ2v) is 9.64. The Hall–Kier alpha value is -3.02. The number of amides is 3. The van der Waals surface area contributed by atoms with Crippen molar-refractivity contribution >= 4 is 46.6 Å². The van der Waals surface area contributed by atoms with Crippen LogP contribution in [0.2, 0.25) is 5.02 Å². The normalized spacial score (nSPS) is 22.2. The molecular formula is C24H27ClN4O6S. The second kappa shape index (κ2) is 11.8. The number of hydrogen-bond acceptors (Lipinski definition) is 8. The number of esters is 1. The molecule has 2 N–H and O–H groups in total. The molecule has 1 aromatic carbocycles. The molecule has 0 bridgehead atoms. The van der Waals surface area contributed by atoms with E-state index in [1.54, 1.807) is 42.1 Å². The van der Waals surface area contributed by atoms with Gasteiger partial charge < -0.3 is 25.0 Å². The molecule has 36 heavy (non-hydrogen) atoms. The van der Waals surface area contributed by atoms with E-state index in [4.69, 9.17) is 21.1 Å². The summed E-state index contributed by atoms with van der Waals surface area (Å²) in [6, 6.07) is 4.25. The maximum absolute atomic E-state index is 13.7. The van der Waals surface area contributed by atoms with Gasteiger partial charge in [0.05, 0.1) is 28.2 Å². The van der Waals surface area contributed by atoms with Crippen molar-refractivity contribution in [2.24, 2.45) is 0 Å². The van der Waals surface area contributed by atoms with E-state index in [0.29, 0.717) is 31.7 Å². The maximum atomic E-state index is 13.7. The molecule has 0 aliphatic carbocycles. The van der Waals surface area contributed by atoms with Crippen LogP contribution >= 0.6 is 22.9 Å². The highest BCUT2D eigenvalue weighted by atomic mass is 35.5. The molecule has 2 aliphatic rings. The molecule has 3 heterocycles. The number of benzene rings is 1. The number of carbonyl (C=O) groups excluding carboxylic acids is 4. The van der Waals surface area contributed by atoms with E-state index in [-0.39, 0.29) is 29.3 Å². The standard InChI is InChI=1S/C24H27ClN4O6S/c1-2-34-24-18(11-20(30)35-24)28-22(32)19-8-5-9-29(19)23(33)17(10-14-12-36-13-26-14)27-21(31)15-6-3-4-7-16(15)25/h3-4,6-7,12-13,17-19,24H,2,5,8-11H2,1H3,(H,27,31)(H,28,32)/t17-,18+,19-,24+/m0/s1. The van der Waals surface area contributed by atoms with E-state index >= 15 is 0 Å². The van der Waals surface area contributed by atoms with E-state index in [0.717, 1.165) is 0 Å². The Morgan fingerprint density at radius 3 is 2.86 bits per heavy atom. The monoisotopic (exact) mass is 534 g/mol. The van der Waals surface area contributed by atoms with Gasteiger partial charge >= 0.3 is 5.97 Å². The highest BCUT2D eigenvalue weighted by Gasteiger charge is 2.42. The summed E-state index contributed by atoms with van der Waals surface area (Å²) in [5.41, 5.74) is 2.55. The van der Waals surface area contributed by atoms with Crippen LogP contribution in [0.25, 0.3) is 0 Å². The molecule has 2 fully saturated rings. The zero-order valence-electron chi connectivity index (χ0n) is 19.6. The minimum absolute atomic E-state index is 0.00256. The largest absolute Gasteiger partial charge is 0.433 e. The van der Waals surface area contributed by atoms with Crippen molar-refractivity contribution in [3.8, 4) is 0 Å². The quantitative estimate of drug-likeness (QED) is 0.470. The molecule has 4 atom stereocenters. The van der Waals surface area contributed by atoms with Crippen LogP contribution < -0.4 is 10.6 Å². The number of likely N-dealkylation sites (tertiary alicyclic amines) is 1. The predicted molar refractivity (Wildman–Crippen MR) is 131 cm³/mol. The molecular weight excluding hydrogens is 508 g/mol. The van der Waals surface area contributed by atoms with Gasteiger partial charge in [-0.1, -0.05) is 23.7 Å². The predicted octanol–water partition coefficient (Wildman–Crippen LogP) is 1.92. The third kappa shape index (κ3) is 6.03. The van der Waals surface area contributed by atoms with Crippen molar-refractivity contribution in [3.05, 3.63) is 51.4 Å². The minimum atomic E-state index is -0.947. The maximum Gasteiger partial charge on any atom is 0.310 e. The fourth-order valence-electron chi connectivity index (χ4n) is 4.38. The Morgan fingerprint density at radius 1 is 1.33 bits per heavy atom. The van der Waals surface area contributed by atoms with Gasteiger partial charge in [-0.25, -0.2) is 4.98 Å². The lowest BCUT2D eigenvalue weighted by Gasteiger charge is -2.29. The summed E-state index contributed by atoms with van der Waals surface area (Å²) >= 11 is 7.56. The van der Waals surface area contributed by atoms with E-state index in [9.17, 15) is 19.2 Å². The summed E-state index contributed by atoms with van der Waals surface area (Å²) in [6.45, 7) is 2.45. The summed E-state index contributed by atoms with van der Waals surface area (Å²) in [5, 5.41) is 7.67. The second-order valence-electron chi connectivity index (χ2n) is 8.51. The molecule has 2 aromatic rings. The van der Waals surface area contributed by atoms with Gasteiger partial charge in [-0.3, -0.25) is 19.2 Å². The number of hydrogen-bond donors (Lipinski definition) is 2. The van der Waals surface area contributed by atoms with Gasteiger partial charge in [0.15, 0.2) is 0 Å². The number of nitrogens with zero attached hydrogens (tertiary/aromatic N) is 2. The fraction of sp³-hybridized carbons (Fsp3) is 0.458. The minimum Gasteiger partial charge on any atom is -0.433 e. The number of rotatable bonds is 9. The molecule has 0 saturated carbocycles. The van der Waals surface area contributed by atoms with Crippen LogP contribution in [-0.4, -0.2) is 71.1 Å². The summed E-state index contributed by atoms with van der Waals surface area (Å²) < 4.78 is 10.5. The van der Waals surface area contributed by atoms with Crippen molar-refractivity contribution in [1.29, 1.82) is 0 Å². The number of thiazole rings is 1. The Bertz CT molecular complexity index is 1110. The molecule has 2 saturated heterocycles. The Kier molecular flexibility index (Phi) is 8.55. The van der Waals surface area contributed by atoms with Crippen LogP contribution in [0.4, 0.5) is 0 Å². The first kappa shape index (κ1) is 26.1. The first-order valence-electron chi connectivity index (χ1n) is 11.7. The van der Waals surface area contributed by atoms with Gasteiger partial charge in [-0.05, 0) is 31.9 Å². The first-order chi connectivity index (χ1) is 17.4. The molecule has 10 nitrogen and oxygen atoms in total. The highest BCUT2D eigenvalue weighted by Crippen LogP contribution is 2.23. The van der Waals surface area contributed by atoms with Crippen molar-refractivity contribution in [1.82, 2.24) is 20.5 Å². The summed E-state index contributed by atoms with van der Waals surface area (Å²) in [5.74, 6) is -1.72. The highest BCUT2D eigenvalue weighted by molar-refractivity contribution is 7.07. The lowest BCUT2D eigenvalue weighted by Crippen LogP contribution is -2.56. The summed E-state index contributed by atoms with van der Waals surface area (Å²) in [7, 11) is 0. The van der Waals surface area contributed by atoms with Crippen LogP contribution in [0.3, 0.4) is 0 Å². The molecule has 0 spiro atoms. The van der Waals surface area contributed by atoms with Crippen molar-refractivity contribution in [3.63, 3.8) is 0 Å². The van der Waals surface area contributed by atoms with Crippen LogP contribution in [0.15, 0.2) is 35.2 Å². The smallest absolute Gasteiger partial charge is 0.310 e. The molecule has 12 heteroatoms. The SMILES string of the molecule is CCO[C@@H]1OC(=O)C[C@H]1NC(=O)[C@@H]1CCCN1C(=O)[C@H](Cc1cscn1)NC(=O)c1ccccc1Cl. The average Bonchev–Trinajstić information content (AvgIpc) is 3.61. The number of ether oxygens (including phenoxy) is 2. The fourth-order valence-corrected chi connectivity index (χ4v) is 5.17. The number of nitrogens with one attached hydrogen (secondary N) is 2. The lowest BCUT2D eigenvalue weighted by atomic mass is 10.1. The lowest BCUT2D eigenvalue weighted by molar-refractivity contribution is -0.164.